The molecule has 0 amide bonds. The van der Waals surface area contributed by atoms with E-state index >= 15 is 0 Å². The number of aromatic carboxylic acids is 1. The molecule has 7 heteroatoms. The van der Waals surface area contributed by atoms with Crippen LogP contribution in [-0.4, -0.2) is 37.7 Å². The maximum absolute atomic E-state index is 10.7. The third kappa shape index (κ3) is 3.31. The van der Waals surface area contributed by atoms with Crippen molar-refractivity contribution in [3.63, 3.8) is 0 Å². The third-order valence-electron chi connectivity index (χ3n) is 2.74. The molecular formula is C13H16N4O3. The monoisotopic (exact) mass is 276 g/mol. The summed E-state index contributed by atoms with van der Waals surface area (Å²) < 4.78 is 7.10. The van der Waals surface area contributed by atoms with Crippen LogP contribution in [0.2, 0.25) is 0 Å². The van der Waals surface area contributed by atoms with Crippen molar-refractivity contribution in [2.45, 2.75) is 26.8 Å². The molecule has 0 spiro atoms. The molecule has 20 heavy (non-hydrogen) atoms. The molecule has 0 bridgehead atoms. The van der Waals surface area contributed by atoms with E-state index < -0.39 is 5.97 Å². The quantitative estimate of drug-likeness (QED) is 0.855. The summed E-state index contributed by atoms with van der Waals surface area (Å²) in [5.74, 6) is -0.343. The van der Waals surface area contributed by atoms with Gasteiger partial charge in [0, 0.05) is 5.69 Å². The molecule has 2 heterocycles. The van der Waals surface area contributed by atoms with Gasteiger partial charge in [-0.1, -0.05) is 12.1 Å². The smallest absolute Gasteiger partial charge is 0.358 e. The Morgan fingerprint density at radius 1 is 1.45 bits per heavy atom. The van der Waals surface area contributed by atoms with Gasteiger partial charge in [0.1, 0.15) is 12.4 Å². The van der Waals surface area contributed by atoms with Gasteiger partial charge < -0.3 is 9.84 Å². The number of carboxylic acid groups (broad SMARTS) is 1. The molecule has 0 aliphatic heterocycles. The van der Waals surface area contributed by atoms with Crippen molar-refractivity contribution in [3.8, 4) is 5.75 Å². The lowest BCUT2D eigenvalue weighted by molar-refractivity contribution is 0.0690. The molecule has 0 unspecified atom stereocenters. The predicted octanol–water partition coefficient (Wildman–Crippen LogP) is 1.32. The van der Waals surface area contributed by atoms with Crippen LogP contribution in [0.25, 0.3) is 0 Å². The Hall–Kier alpha value is -2.44. The summed E-state index contributed by atoms with van der Waals surface area (Å²) >= 11 is 0. The minimum Gasteiger partial charge on any atom is -0.490 e. The van der Waals surface area contributed by atoms with E-state index in [4.69, 9.17) is 9.84 Å². The van der Waals surface area contributed by atoms with Crippen LogP contribution >= 0.6 is 0 Å². The zero-order valence-corrected chi connectivity index (χ0v) is 11.4. The third-order valence-corrected chi connectivity index (χ3v) is 2.74. The number of ether oxygens (including phenoxy) is 1. The Balaban J connectivity index is 1.93. The van der Waals surface area contributed by atoms with Gasteiger partial charge in [-0.2, -0.15) is 0 Å². The van der Waals surface area contributed by atoms with Gasteiger partial charge in [-0.3, -0.25) is 4.98 Å². The molecular weight excluding hydrogens is 260 g/mol. The van der Waals surface area contributed by atoms with E-state index in [1.807, 2.05) is 26.0 Å². The molecule has 2 aromatic heterocycles. The minimum absolute atomic E-state index is 0.0729. The summed E-state index contributed by atoms with van der Waals surface area (Å²) in [6.45, 7) is 4.76. The zero-order chi connectivity index (χ0) is 14.5. The molecule has 0 fully saturated rings. The molecule has 0 aliphatic carbocycles. The standard InChI is InChI=1S/C13H16N4O3/c1-3-10-12(5-4-9(2)14-10)20-7-6-17-8-11(13(18)19)15-16-17/h4-5,8H,3,6-7H2,1-2H3,(H,18,19). The van der Waals surface area contributed by atoms with Crippen LogP contribution in [0.4, 0.5) is 0 Å². The van der Waals surface area contributed by atoms with Gasteiger partial charge in [0.05, 0.1) is 18.4 Å². The molecule has 106 valence electrons. The van der Waals surface area contributed by atoms with Crippen molar-refractivity contribution in [3.05, 3.63) is 35.4 Å². The van der Waals surface area contributed by atoms with Gasteiger partial charge in [0.2, 0.25) is 0 Å². The molecule has 0 saturated carbocycles. The van der Waals surface area contributed by atoms with Crippen LogP contribution < -0.4 is 4.74 Å². The van der Waals surface area contributed by atoms with E-state index in [2.05, 4.69) is 15.3 Å². The molecule has 2 aromatic rings. The number of hydrogen-bond acceptors (Lipinski definition) is 5. The van der Waals surface area contributed by atoms with Crippen LogP contribution in [-0.2, 0) is 13.0 Å². The summed E-state index contributed by atoms with van der Waals surface area (Å²) in [5.41, 5.74) is 1.79. The number of carbonyl (C=O) groups is 1. The molecule has 0 aromatic carbocycles. The summed E-state index contributed by atoms with van der Waals surface area (Å²) in [7, 11) is 0. The van der Waals surface area contributed by atoms with E-state index in [0.717, 1.165) is 23.6 Å². The number of hydrogen-bond donors (Lipinski definition) is 1. The lowest BCUT2D eigenvalue weighted by atomic mass is 10.2. The van der Waals surface area contributed by atoms with Gasteiger partial charge in [-0.05, 0) is 25.5 Å². The van der Waals surface area contributed by atoms with E-state index in [9.17, 15) is 4.79 Å². The first-order chi connectivity index (χ1) is 9.60. The lowest BCUT2D eigenvalue weighted by Gasteiger charge is -2.10. The molecule has 0 saturated heterocycles. The largest absolute Gasteiger partial charge is 0.490 e. The average Bonchev–Trinajstić information content (AvgIpc) is 2.89. The topological polar surface area (TPSA) is 90.1 Å². The first-order valence-electron chi connectivity index (χ1n) is 6.33. The Morgan fingerprint density at radius 3 is 2.90 bits per heavy atom. The lowest BCUT2D eigenvalue weighted by Crippen LogP contribution is -2.10. The van der Waals surface area contributed by atoms with Crippen LogP contribution in [0.15, 0.2) is 18.3 Å². The second-order valence-electron chi connectivity index (χ2n) is 4.27. The van der Waals surface area contributed by atoms with Gasteiger partial charge >= 0.3 is 5.97 Å². The number of aryl methyl sites for hydroxylation is 2. The highest BCUT2D eigenvalue weighted by molar-refractivity contribution is 5.84. The highest BCUT2D eigenvalue weighted by atomic mass is 16.5. The Bertz CT molecular complexity index is 609. The number of aromatic nitrogens is 4. The first-order valence-corrected chi connectivity index (χ1v) is 6.33. The average molecular weight is 276 g/mol. The number of nitrogens with zero attached hydrogens (tertiary/aromatic N) is 4. The molecule has 2 rings (SSSR count). The zero-order valence-electron chi connectivity index (χ0n) is 11.4. The number of pyridine rings is 1. The van der Waals surface area contributed by atoms with Gasteiger partial charge in [0.25, 0.3) is 0 Å². The normalized spacial score (nSPS) is 10.5. The van der Waals surface area contributed by atoms with Crippen molar-refractivity contribution in [2.75, 3.05) is 6.61 Å². The van der Waals surface area contributed by atoms with Crippen LogP contribution in [0.5, 0.6) is 5.75 Å². The van der Waals surface area contributed by atoms with Gasteiger partial charge in [-0.15, -0.1) is 5.10 Å². The Morgan fingerprint density at radius 2 is 2.25 bits per heavy atom. The maximum atomic E-state index is 10.7. The molecule has 0 atom stereocenters. The maximum Gasteiger partial charge on any atom is 0.358 e. The van der Waals surface area contributed by atoms with E-state index in [1.165, 1.54) is 10.9 Å². The molecule has 1 N–H and O–H groups in total. The van der Waals surface area contributed by atoms with Crippen molar-refractivity contribution in [1.82, 2.24) is 20.0 Å². The Kier molecular flexibility index (Phi) is 4.29. The minimum atomic E-state index is -1.09. The fourth-order valence-corrected chi connectivity index (χ4v) is 1.74. The molecule has 0 radical (unpaired) electrons. The van der Waals surface area contributed by atoms with E-state index in [0.29, 0.717) is 13.2 Å². The predicted molar refractivity (Wildman–Crippen MR) is 70.8 cm³/mol. The highest BCUT2D eigenvalue weighted by Gasteiger charge is 2.08. The number of carboxylic acids is 1. The van der Waals surface area contributed by atoms with E-state index in [1.54, 1.807) is 0 Å². The van der Waals surface area contributed by atoms with Crippen molar-refractivity contribution < 1.29 is 14.6 Å². The second-order valence-corrected chi connectivity index (χ2v) is 4.27. The first kappa shape index (κ1) is 14.0. The summed E-state index contributed by atoms with van der Waals surface area (Å²) in [6.07, 6.45) is 2.17. The summed E-state index contributed by atoms with van der Waals surface area (Å²) in [4.78, 5) is 15.1. The van der Waals surface area contributed by atoms with Crippen LogP contribution in [0, 0.1) is 6.92 Å². The highest BCUT2D eigenvalue weighted by Crippen LogP contribution is 2.17. The second kappa shape index (κ2) is 6.14. The van der Waals surface area contributed by atoms with Crippen molar-refractivity contribution >= 4 is 5.97 Å². The fourth-order valence-electron chi connectivity index (χ4n) is 1.74. The van der Waals surface area contributed by atoms with Gasteiger partial charge in [0.15, 0.2) is 5.69 Å². The SMILES string of the molecule is CCc1nc(C)ccc1OCCn1cc(C(=O)O)nn1. The summed E-state index contributed by atoms with van der Waals surface area (Å²) in [6, 6.07) is 3.79. The Labute approximate surface area is 116 Å². The van der Waals surface area contributed by atoms with Gasteiger partial charge in [-0.25, -0.2) is 9.48 Å². The summed E-state index contributed by atoms with van der Waals surface area (Å²) in [5, 5.41) is 16.0. The van der Waals surface area contributed by atoms with E-state index in [-0.39, 0.29) is 5.69 Å². The molecule has 0 aliphatic rings. The van der Waals surface area contributed by atoms with Crippen molar-refractivity contribution in [1.29, 1.82) is 0 Å². The molecule has 7 nitrogen and oxygen atoms in total. The number of rotatable bonds is 6. The van der Waals surface area contributed by atoms with Crippen LogP contribution in [0.1, 0.15) is 28.8 Å². The van der Waals surface area contributed by atoms with Crippen molar-refractivity contribution in [2.24, 2.45) is 0 Å². The fraction of sp³-hybridized carbons (Fsp3) is 0.385. The van der Waals surface area contributed by atoms with Crippen LogP contribution in [0.3, 0.4) is 0 Å².